The van der Waals surface area contributed by atoms with E-state index < -0.39 is 11.6 Å². The number of carbonyl (C=O) groups excluding carboxylic acids is 1. The van der Waals surface area contributed by atoms with E-state index in [1.54, 1.807) is 6.07 Å². The average molecular weight is 353 g/mol. The Labute approximate surface area is 149 Å². The van der Waals surface area contributed by atoms with E-state index in [1.165, 1.54) is 18.3 Å². The van der Waals surface area contributed by atoms with Gasteiger partial charge in [-0.15, -0.1) is 0 Å². The highest BCUT2D eigenvalue weighted by Gasteiger charge is 2.13. The first-order valence-corrected chi connectivity index (χ1v) is 8.07. The van der Waals surface area contributed by atoms with E-state index in [9.17, 15) is 13.6 Å². The maximum atomic E-state index is 13.8. The summed E-state index contributed by atoms with van der Waals surface area (Å²) in [5.74, 6) is -1.71. The number of benzene rings is 2. The van der Waals surface area contributed by atoms with Gasteiger partial charge in [0.25, 0.3) is 5.91 Å². The highest BCUT2D eigenvalue weighted by molar-refractivity contribution is 5.93. The number of nitrogens with one attached hydrogen (secondary N) is 2. The molecule has 1 aromatic heterocycles. The molecule has 6 heteroatoms. The molecule has 26 heavy (non-hydrogen) atoms. The van der Waals surface area contributed by atoms with Crippen LogP contribution in [-0.2, 0) is 0 Å². The van der Waals surface area contributed by atoms with Crippen molar-refractivity contribution in [1.82, 2.24) is 10.3 Å². The third-order valence-electron chi connectivity index (χ3n) is 3.85. The van der Waals surface area contributed by atoms with Crippen LogP contribution in [-0.4, -0.2) is 10.9 Å². The molecule has 0 aliphatic heterocycles. The number of carbonyl (C=O) groups is 1. The number of pyridine rings is 1. The molecule has 0 radical (unpaired) electrons. The van der Waals surface area contributed by atoms with Gasteiger partial charge in [0.2, 0.25) is 0 Å². The largest absolute Gasteiger partial charge is 0.353 e. The molecular weight excluding hydrogens is 336 g/mol. The minimum atomic E-state index is -0.717. The average Bonchev–Trinajstić information content (AvgIpc) is 2.65. The summed E-state index contributed by atoms with van der Waals surface area (Å²) in [5, 5.41) is 5.69. The number of amides is 1. The normalized spacial score (nSPS) is 11.7. The van der Waals surface area contributed by atoms with Gasteiger partial charge in [0, 0.05) is 18.0 Å². The van der Waals surface area contributed by atoms with Crippen LogP contribution in [0.1, 0.15) is 29.0 Å². The Morgan fingerprint density at radius 2 is 1.81 bits per heavy atom. The van der Waals surface area contributed by atoms with Crippen molar-refractivity contribution in [1.29, 1.82) is 0 Å². The Morgan fingerprint density at radius 1 is 1.04 bits per heavy atom. The van der Waals surface area contributed by atoms with Crippen LogP contribution >= 0.6 is 0 Å². The Kier molecular flexibility index (Phi) is 5.22. The van der Waals surface area contributed by atoms with E-state index in [0.29, 0.717) is 5.69 Å². The summed E-state index contributed by atoms with van der Waals surface area (Å²) < 4.78 is 26.7. The summed E-state index contributed by atoms with van der Waals surface area (Å²) in [5.41, 5.74) is 1.76. The van der Waals surface area contributed by atoms with Crippen molar-refractivity contribution in [2.75, 3.05) is 5.32 Å². The SMILES string of the molecule is CC(NC(=O)c1cc(Nc2ccc(F)cc2F)ccn1)c1ccccc1. The second-order valence-electron chi connectivity index (χ2n) is 5.78. The first-order valence-electron chi connectivity index (χ1n) is 8.07. The fraction of sp³-hybridized carbons (Fsp3) is 0.100. The van der Waals surface area contributed by atoms with Gasteiger partial charge < -0.3 is 10.6 Å². The third-order valence-corrected chi connectivity index (χ3v) is 3.85. The summed E-state index contributed by atoms with van der Waals surface area (Å²) in [4.78, 5) is 16.5. The predicted molar refractivity (Wildman–Crippen MR) is 96.2 cm³/mol. The Balaban J connectivity index is 1.73. The van der Waals surface area contributed by atoms with E-state index in [2.05, 4.69) is 15.6 Å². The minimum Gasteiger partial charge on any atom is -0.353 e. The van der Waals surface area contributed by atoms with Gasteiger partial charge in [0.1, 0.15) is 17.3 Å². The minimum absolute atomic E-state index is 0.113. The number of hydrogen-bond acceptors (Lipinski definition) is 3. The smallest absolute Gasteiger partial charge is 0.270 e. The van der Waals surface area contributed by atoms with E-state index in [1.807, 2.05) is 37.3 Å². The van der Waals surface area contributed by atoms with Crippen LogP contribution in [0.15, 0.2) is 66.9 Å². The van der Waals surface area contributed by atoms with Crippen LogP contribution in [0.3, 0.4) is 0 Å². The molecule has 4 nitrogen and oxygen atoms in total. The van der Waals surface area contributed by atoms with Gasteiger partial charge in [0.15, 0.2) is 0 Å². The van der Waals surface area contributed by atoms with Crippen molar-refractivity contribution in [2.24, 2.45) is 0 Å². The van der Waals surface area contributed by atoms with Gasteiger partial charge in [-0.05, 0) is 36.8 Å². The molecular formula is C20H17F2N3O. The zero-order chi connectivity index (χ0) is 18.5. The lowest BCUT2D eigenvalue weighted by atomic mass is 10.1. The molecule has 0 aliphatic carbocycles. The molecule has 0 fully saturated rings. The van der Waals surface area contributed by atoms with E-state index in [0.717, 1.165) is 17.7 Å². The van der Waals surface area contributed by atoms with Crippen LogP contribution in [0.2, 0.25) is 0 Å². The first-order chi connectivity index (χ1) is 12.5. The van der Waals surface area contributed by atoms with Gasteiger partial charge >= 0.3 is 0 Å². The molecule has 0 aliphatic rings. The summed E-state index contributed by atoms with van der Waals surface area (Å²) >= 11 is 0. The monoisotopic (exact) mass is 353 g/mol. The summed E-state index contributed by atoms with van der Waals surface area (Å²) in [7, 11) is 0. The molecule has 0 saturated heterocycles. The maximum Gasteiger partial charge on any atom is 0.270 e. The van der Waals surface area contributed by atoms with E-state index in [-0.39, 0.29) is 23.3 Å². The quantitative estimate of drug-likeness (QED) is 0.705. The molecule has 0 saturated carbocycles. The molecule has 0 spiro atoms. The van der Waals surface area contributed by atoms with Crippen LogP contribution in [0, 0.1) is 11.6 Å². The number of nitrogens with zero attached hydrogens (tertiary/aromatic N) is 1. The number of rotatable bonds is 5. The van der Waals surface area contributed by atoms with Crippen molar-refractivity contribution >= 4 is 17.3 Å². The Hall–Kier alpha value is -3.28. The van der Waals surface area contributed by atoms with Gasteiger partial charge in [0.05, 0.1) is 11.7 Å². The fourth-order valence-electron chi connectivity index (χ4n) is 2.47. The van der Waals surface area contributed by atoms with Gasteiger partial charge in [-0.25, -0.2) is 8.78 Å². The van der Waals surface area contributed by atoms with Gasteiger partial charge in [-0.2, -0.15) is 0 Å². The molecule has 1 unspecified atom stereocenters. The second kappa shape index (κ2) is 7.74. The van der Waals surface area contributed by atoms with E-state index >= 15 is 0 Å². The molecule has 1 heterocycles. The molecule has 1 atom stereocenters. The first kappa shape index (κ1) is 17.5. The highest BCUT2D eigenvalue weighted by atomic mass is 19.1. The lowest BCUT2D eigenvalue weighted by Crippen LogP contribution is -2.27. The zero-order valence-corrected chi connectivity index (χ0v) is 14.0. The van der Waals surface area contributed by atoms with Gasteiger partial charge in [-0.1, -0.05) is 30.3 Å². The van der Waals surface area contributed by atoms with Crippen LogP contribution in [0.5, 0.6) is 0 Å². The fourth-order valence-corrected chi connectivity index (χ4v) is 2.47. The zero-order valence-electron chi connectivity index (χ0n) is 14.0. The molecule has 2 N–H and O–H groups in total. The van der Waals surface area contributed by atoms with E-state index in [4.69, 9.17) is 0 Å². The summed E-state index contributed by atoms with van der Waals surface area (Å²) in [6, 6.07) is 15.7. The standard InChI is InChI=1S/C20H17F2N3O/c1-13(14-5-3-2-4-6-14)24-20(26)19-12-16(9-10-23-19)25-18-8-7-15(21)11-17(18)22/h2-13H,1H3,(H,23,25)(H,24,26). The van der Waals surface area contributed by atoms with Crippen molar-refractivity contribution < 1.29 is 13.6 Å². The lowest BCUT2D eigenvalue weighted by molar-refractivity contribution is 0.0935. The number of halogens is 2. The summed E-state index contributed by atoms with van der Waals surface area (Å²) in [6.07, 6.45) is 1.45. The Morgan fingerprint density at radius 3 is 2.54 bits per heavy atom. The molecule has 132 valence electrons. The molecule has 2 aromatic carbocycles. The van der Waals surface area contributed by atoms with Crippen molar-refractivity contribution in [3.8, 4) is 0 Å². The van der Waals surface area contributed by atoms with Crippen molar-refractivity contribution in [2.45, 2.75) is 13.0 Å². The topological polar surface area (TPSA) is 54.0 Å². The predicted octanol–water partition coefficient (Wildman–Crippen LogP) is 4.59. The van der Waals surface area contributed by atoms with Crippen LogP contribution in [0.25, 0.3) is 0 Å². The van der Waals surface area contributed by atoms with Crippen LogP contribution < -0.4 is 10.6 Å². The van der Waals surface area contributed by atoms with Crippen molar-refractivity contribution in [3.63, 3.8) is 0 Å². The van der Waals surface area contributed by atoms with Crippen molar-refractivity contribution in [3.05, 3.63) is 89.8 Å². The highest BCUT2D eigenvalue weighted by Crippen LogP contribution is 2.21. The number of hydrogen-bond donors (Lipinski definition) is 2. The maximum absolute atomic E-state index is 13.8. The molecule has 1 amide bonds. The number of aromatic nitrogens is 1. The molecule has 3 aromatic rings. The van der Waals surface area contributed by atoms with Crippen LogP contribution in [0.4, 0.5) is 20.2 Å². The Bertz CT molecular complexity index is 916. The summed E-state index contributed by atoms with van der Waals surface area (Å²) in [6.45, 7) is 1.88. The molecule has 3 rings (SSSR count). The van der Waals surface area contributed by atoms with Gasteiger partial charge in [-0.3, -0.25) is 9.78 Å². The molecule has 0 bridgehead atoms. The second-order valence-corrected chi connectivity index (χ2v) is 5.78. The number of anilines is 2. The lowest BCUT2D eigenvalue weighted by Gasteiger charge is -2.14. The third kappa shape index (κ3) is 4.22.